The molecule has 1 N–H and O–H groups in total. The highest BCUT2D eigenvalue weighted by Gasteiger charge is 2.32. The molecule has 0 amide bonds. The van der Waals surface area contributed by atoms with Gasteiger partial charge < -0.3 is 5.32 Å². The summed E-state index contributed by atoms with van der Waals surface area (Å²) in [5.41, 5.74) is 0.184. The van der Waals surface area contributed by atoms with Crippen LogP contribution in [0.5, 0.6) is 0 Å². The minimum Gasteiger partial charge on any atom is -0.384 e. The van der Waals surface area contributed by atoms with Crippen molar-refractivity contribution in [3.8, 4) is 0 Å². The van der Waals surface area contributed by atoms with Crippen LogP contribution in [0, 0.1) is 5.41 Å². The molecule has 0 bridgehead atoms. The molecule has 0 aromatic heterocycles. The van der Waals surface area contributed by atoms with Crippen LogP contribution in [0.4, 0.5) is 18.9 Å². The van der Waals surface area contributed by atoms with E-state index in [1.807, 2.05) is 0 Å². The Balaban J connectivity index is 1.96. The van der Waals surface area contributed by atoms with E-state index < -0.39 is 11.7 Å². The SMILES string of the molecule is FC(F)(F)c1ccc(NCC2(CCl)CCCCC2)cc1. The highest BCUT2D eigenvalue weighted by atomic mass is 35.5. The highest BCUT2D eigenvalue weighted by Crippen LogP contribution is 2.37. The molecule has 0 aliphatic heterocycles. The molecule has 0 radical (unpaired) electrons. The molecule has 1 aliphatic carbocycles. The lowest BCUT2D eigenvalue weighted by Crippen LogP contribution is -2.33. The van der Waals surface area contributed by atoms with Gasteiger partial charge in [0.25, 0.3) is 0 Å². The van der Waals surface area contributed by atoms with Crippen molar-refractivity contribution in [3.05, 3.63) is 29.8 Å². The van der Waals surface area contributed by atoms with Crippen LogP contribution in [0.15, 0.2) is 24.3 Å². The van der Waals surface area contributed by atoms with Crippen LogP contribution in [0.25, 0.3) is 0 Å². The molecule has 5 heteroatoms. The third-order valence-electron chi connectivity index (χ3n) is 4.08. The molecule has 0 saturated heterocycles. The van der Waals surface area contributed by atoms with Crippen LogP contribution < -0.4 is 5.32 Å². The minimum absolute atomic E-state index is 0.0858. The fourth-order valence-corrected chi connectivity index (χ4v) is 3.09. The van der Waals surface area contributed by atoms with Crippen molar-refractivity contribution in [2.75, 3.05) is 17.7 Å². The van der Waals surface area contributed by atoms with E-state index in [2.05, 4.69) is 5.32 Å². The van der Waals surface area contributed by atoms with Crippen molar-refractivity contribution >= 4 is 17.3 Å². The van der Waals surface area contributed by atoms with Crippen LogP contribution in [0.3, 0.4) is 0 Å². The zero-order valence-corrected chi connectivity index (χ0v) is 12.0. The second-order valence-corrected chi connectivity index (χ2v) is 5.89. The largest absolute Gasteiger partial charge is 0.416 e. The first-order valence-electron chi connectivity index (χ1n) is 6.92. The van der Waals surface area contributed by atoms with Gasteiger partial charge in [0.1, 0.15) is 0 Å². The number of hydrogen-bond donors (Lipinski definition) is 1. The van der Waals surface area contributed by atoms with Crippen LogP contribution in [-0.2, 0) is 6.18 Å². The maximum absolute atomic E-state index is 12.5. The average Bonchev–Trinajstić information content (AvgIpc) is 2.46. The van der Waals surface area contributed by atoms with E-state index in [9.17, 15) is 13.2 Å². The first-order chi connectivity index (χ1) is 9.45. The summed E-state index contributed by atoms with van der Waals surface area (Å²) >= 11 is 6.10. The fraction of sp³-hybridized carbons (Fsp3) is 0.600. The molecule has 20 heavy (non-hydrogen) atoms. The topological polar surface area (TPSA) is 12.0 Å². The van der Waals surface area contributed by atoms with Crippen molar-refractivity contribution in [2.24, 2.45) is 5.41 Å². The van der Waals surface area contributed by atoms with Crippen molar-refractivity contribution < 1.29 is 13.2 Å². The first-order valence-corrected chi connectivity index (χ1v) is 7.46. The molecule has 112 valence electrons. The van der Waals surface area contributed by atoms with Crippen molar-refractivity contribution in [1.82, 2.24) is 0 Å². The fourth-order valence-electron chi connectivity index (χ4n) is 2.73. The molecule has 1 fully saturated rings. The molecule has 1 aliphatic rings. The van der Waals surface area contributed by atoms with Gasteiger partial charge in [-0.05, 0) is 37.1 Å². The van der Waals surface area contributed by atoms with Gasteiger partial charge >= 0.3 is 6.18 Å². The Labute approximate surface area is 122 Å². The molecular weight excluding hydrogens is 287 g/mol. The normalized spacial score (nSPS) is 18.8. The molecule has 0 heterocycles. The van der Waals surface area contributed by atoms with Gasteiger partial charge in [0.15, 0.2) is 0 Å². The Morgan fingerprint density at radius 2 is 1.65 bits per heavy atom. The highest BCUT2D eigenvalue weighted by molar-refractivity contribution is 6.18. The second kappa shape index (κ2) is 6.25. The lowest BCUT2D eigenvalue weighted by Gasteiger charge is -2.36. The van der Waals surface area contributed by atoms with Crippen LogP contribution >= 0.6 is 11.6 Å². The summed E-state index contributed by atoms with van der Waals surface area (Å²) in [6.45, 7) is 0.724. The van der Waals surface area contributed by atoms with Gasteiger partial charge in [-0.1, -0.05) is 19.3 Å². The number of nitrogens with one attached hydrogen (secondary N) is 1. The van der Waals surface area contributed by atoms with Crippen LogP contribution in [-0.4, -0.2) is 12.4 Å². The van der Waals surface area contributed by atoms with Gasteiger partial charge in [-0.3, -0.25) is 0 Å². The summed E-state index contributed by atoms with van der Waals surface area (Å²) in [6.07, 6.45) is 1.51. The molecule has 0 spiro atoms. The molecule has 2 rings (SSSR count). The van der Waals surface area contributed by atoms with Crippen molar-refractivity contribution in [2.45, 2.75) is 38.3 Å². The lowest BCUT2D eigenvalue weighted by molar-refractivity contribution is -0.137. The van der Waals surface area contributed by atoms with Crippen LogP contribution in [0.1, 0.15) is 37.7 Å². The van der Waals surface area contributed by atoms with Gasteiger partial charge in [-0.25, -0.2) is 0 Å². The predicted octanol–water partition coefficient (Wildman–Crippen LogP) is 5.31. The smallest absolute Gasteiger partial charge is 0.384 e. The summed E-state index contributed by atoms with van der Waals surface area (Å²) in [7, 11) is 0. The maximum Gasteiger partial charge on any atom is 0.416 e. The number of benzene rings is 1. The molecule has 1 aromatic rings. The minimum atomic E-state index is -4.28. The van der Waals surface area contributed by atoms with E-state index in [1.54, 1.807) is 0 Å². The van der Waals surface area contributed by atoms with E-state index in [0.717, 1.165) is 31.5 Å². The predicted molar refractivity (Wildman–Crippen MR) is 76.2 cm³/mol. The maximum atomic E-state index is 12.5. The van der Waals surface area contributed by atoms with Crippen LogP contribution in [0.2, 0.25) is 0 Å². The number of halogens is 4. The Morgan fingerprint density at radius 3 is 2.15 bits per heavy atom. The quantitative estimate of drug-likeness (QED) is 0.744. The van der Waals surface area contributed by atoms with Gasteiger partial charge in [0, 0.05) is 23.5 Å². The number of rotatable bonds is 4. The number of hydrogen-bond acceptors (Lipinski definition) is 1. The zero-order chi connectivity index (χ0) is 14.6. The number of anilines is 1. The van der Waals surface area contributed by atoms with Gasteiger partial charge in [-0.15, -0.1) is 11.6 Å². The summed E-state index contributed by atoms with van der Waals surface area (Å²) in [4.78, 5) is 0. The Kier molecular flexibility index (Phi) is 4.84. The summed E-state index contributed by atoms with van der Waals surface area (Å²) in [5, 5.41) is 3.23. The average molecular weight is 306 g/mol. The Hall–Kier alpha value is -0.900. The second-order valence-electron chi connectivity index (χ2n) is 5.62. The van der Waals surface area contributed by atoms with Gasteiger partial charge in [0.2, 0.25) is 0 Å². The van der Waals surface area contributed by atoms with Crippen molar-refractivity contribution in [1.29, 1.82) is 0 Å². The van der Waals surface area contributed by atoms with E-state index in [4.69, 9.17) is 11.6 Å². The molecule has 0 atom stereocenters. The van der Waals surface area contributed by atoms with E-state index in [1.165, 1.54) is 31.4 Å². The Bertz CT molecular complexity index is 422. The van der Waals surface area contributed by atoms with Crippen molar-refractivity contribution in [3.63, 3.8) is 0 Å². The monoisotopic (exact) mass is 305 g/mol. The van der Waals surface area contributed by atoms with Gasteiger partial charge in [0.05, 0.1) is 5.56 Å². The summed E-state index contributed by atoms with van der Waals surface area (Å²) < 4.78 is 37.4. The molecule has 1 aromatic carbocycles. The van der Waals surface area contributed by atoms with E-state index in [0.29, 0.717) is 11.6 Å². The molecule has 1 saturated carbocycles. The summed E-state index contributed by atoms with van der Waals surface area (Å²) in [5.74, 6) is 0.598. The Morgan fingerprint density at radius 1 is 1.05 bits per heavy atom. The van der Waals surface area contributed by atoms with E-state index in [-0.39, 0.29) is 5.41 Å². The zero-order valence-electron chi connectivity index (χ0n) is 11.3. The number of alkyl halides is 4. The first kappa shape index (κ1) is 15.5. The third kappa shape index (κ3) is 3.81. The molecule has 0 unspecified atom stereocenters. The van der Waals surface area contributed by atoms with E-state index >= 15 is 0 Å². The van der Waals surface area contributed by atoms with Gasteiger partial charge in [-0.2, -0.15) is 13.2 Å². The molecule has 1 nitrogen and oxygen atoms in total. The standard InChI is InChI=1S/C15H19ClF3N/c16-10-14(8-2-1-3-9-14)11-20-13-6-4-12(5-7-13)15(17,18)19/h4-7,20H,1-3,8-11H2. The molecular formula is C15H19ClF3N. The summed E-state index contributed by atoms with van der Waals surface area (Å²) in [6, 6.07) is 5.17. The third-order valence-corrected chi connectivity index (χ3v) is 4.64. The lowest BCUT2D eigenvalue weighted by atomic mass is 9.75.